The van der Waals surface area contributed by atoms with Gasteiger partial charge in [-0.15, -0.1) is 0 Å². The standard InChI is InChI=1S/C12H12BrClN2O/c1-7-8(2)15-16(12(7)17)6-9-3-4-10(13)11(14)5-9/h3-5,15H,6H2,1-2H3. The van der Waals surface area contributed by atoms with Crippen molar-refractivity contribution >= 4 is 27.5 Å². The Morgan fingerprint density at radius 3 is 2.65 bits per heavy atom. The third kappa shape index (κ3) is 2.48. The van der Waals surface area contributed by atoms with Gasteiger partial charge in [-0.3, -0.25) is 9.89 Å². The number of nitrogens with zero attached hydrogens (tertiary/aromatic N) is 1. The van der Waals surface area contributed by atoms with Crippen LogP contribution in [-0.2, 0) is 6.54 Å². The predicted octanol–water partition coefficient (Wildman–Crippen LogP) is 3.26. The summed E-state index contributed by atoms with van der Waals surface area (Å²) < 4.78 is 2.44. The van der Waals surface area contributed by atoms with Crippen molar-refractivity contribution < 1.29 is 0 Å². The highest BCUT2D eigenvalue weighted by Gasteiger charge is 2.07. The molecule has 17 heavy (non-hydrogen) atoms. The maximum Gasteiger partial charge on any atom is 0.269 e. The van der Waals surface area contributed by atoms with Crippen molar-refractivity contribution in [3.05, 3.63) is 54.9 Å². The Morgan fingerprint density at radius 1 is 1.41 bits per heavy atom. The average Bonchev–Trinajstić information content (AvgIpc) is 2.52. The van der Waals surface area contributed by atoms with Gasteiger partial charge in [0, 0.05) is 15.7 Å². The Kier molecular flexibility index (Phi) is 3.45. The highest BCUT2D eigenvalue weighted by atomic mass is 79.9. The van der Waals surface area contributed by atoms with Crippen molar-refractivity contribution in [2.75, 3.05) is 0 Å². The number of nitrogens with one attached hydrogen (secondary N) is 1. The lowest BCUT2D eigenvalue weighted by atomic mass is 10.2. The number of aryl methyl sites for hydroxylation is 1. The number of hydrogen-bond donors (Lipinski definition) is 1. The zero-order chi connectivity index (χ0) is 12.6. The minimum atomic E-state index is 0.0153. The summed E-state index contributed by atoms with van der Waals surface area (Å²) in [6, 6.07) is 5.67. The lowest BCUT2D eigenvalue weighted by Crippen LogP contribution is -2.18. The maximum absolute atomic E-state index is 11.8. The summed E-state index contributed by atoms with van der Waals surface area (Å²) >= 11 is 9.35. The van der Waals surface area contributed by atoms with Crippen molar-refractivity contribution in [3.63, 3.8) is 0 Å². The van der Waals surface area contributed by atoms with Gasteiger partial charge in [-0.05, 0) is 47.5 Å². The van der Waals surface area contributed by atoms with Crippen LogP contribution in [0.1, 0.15) is 16.8 Å². The van der Waals surface area contributed by atoms with Crippen molar-refractivity contribution in [1.29, 1.82) is 0 Å². The SMILES string of the molecule is Cc1[nH]n(Cc2ccc(Br)c(Cl)c2)c(=O)c1C. The molecule has 2 rings (SSSR count). The smallest absolute Gasteiger partial charge is 0.269 e. The first-order valence-corrected chi connectivity index (χ1v) is 6.36. The van der Waals surface area contributed by atoms with Crippen LogP contribution in [-0.4, -0.2) is 9.78 Å². The fourth-order valence-corrected chi connectivity index (χ4v) is 2.08. The first-order chi connectivity index (χ1) is 7.99. The Bertz CT molecular complexity index is 615. The molecule has 1 aromatic heterocycles. The average molecular weight is 316 g/mol. The van der Waals surface area contributed by atoms with E-state index in [4.69, 9.17) is 11.6 Å². The van der Waals surface area contributed by atoms with Crippen molar-refractivity contribution in [2.45, 2.75) is 20.4 Å². The fourth-order valence-electron chi connectivity index (χ4n) is 1.63. The summed E-state index contributed by atoms with van der Waals surface area (Å²) in [5, 5.41) is 3.69. The zero-order valence-electron chi connectivity index (χ0n) is 9.55. The zero-order valence-corrected chi connectivity index (χ0v) is 11.9. The molecule has 0 saturated carbocycles. The van der Waals surface area contributed by atoms with Gasteiger partial charge in [0.05, 0.1) is 11.6 Å². The first kappa shape index (κ1) is 12.5. The number of aromatic amines is 1. The monoisotopic (exact) mass is 314 g/mol. The van der Waals surface area contributed by atoms with E-state index < -0.39 is 0 Å². The summed E-state index contributed by atoms with van der Waals surface area (Å²) in [4.78, 5) is 11.8. The van der Waals surface area contributed by atoms with Gasteiger partial charge < -0.3 is 0 Å². The van der Waals surface area contributed by atoms with Crippen LogP contribution in [0.4, 0.5) is 0 Å². The minimum Gasteiger partial charge on any atom is -0.299 e. The molecule has 0 unspecified atom stereocenters. The van der Waals surface area contributed by atoms with Gasteiger partial charge in [-0.2, -0.15) is 0 Å². The normalized spacial score (nSPS) is 10.8. The van der Waals surface area contributed by atoms with Crippen molar-refractivity contribution in [1.82, 2.24) is 9.78 Å². The second kappa shape index (κ2) is 4.70. The van der Waals surface area contributed by atoms with E-state index in [1.165, 1.54) is 0 Å². The molecule has 0 atom stereocenters. The summed E-state index contributed by atoms with van der Waals surface area (Å²) in [7, 11) is 0. The van der Waals surface area contributed by atoms with Gasteiger partial charge in [0.15, 0.2) is 0 Å². The van der Waals surface area contributed by atoms with Crippen molar-refractivity contribution in [3.8, 4) is 0 Å². The van der Waals surface area contributed by atoms with Gasteiger partial charge in [0.25, 0.3) is 5.56 Å². The van der Waals surface area contributed by atoms with Crippen LogP contribution in [0.15, 0.2) is 27.5 Å². The van der Waals surface area contributed by atoms with E-state index in [9.17, 15) is 4.79 Å². The number of halogens is 2. The second-order valence-corrected chi connectivity index (χ2v) is 5.26. The molecular weight excluding hydrogens is 304 g/mol. The molecule has 1 aromatic carbocycles. The molecule has 5 heteroatoms. The van der Waals surface area contributed by atoms with Gasteiger partial charge in [0.2, 0.25) is 0 Å². The van der Waals surface area contributed by atoms with Crippen LogP contribution in [0.5, 0.6) is 0 Å². The molecule has 0 aliphatic heterocycles. The largest absolute Gasteiger partial charge is 0.299 e. The molecule has 0 aliphatic rings. The van der Waals surface area contributed by atoms with Crippen LogP contribution in [0.2, 0.25) is 5.02 Å². The number of hydrogen-bond acceptors (Lipinski definition) is 1. The predicted molar refractivity (Wildman–Crippen MR) is 72.8 cm³/mol. The van der Waals surface area contributed by atoms with E-state index >= 15 is 0 Å². The fraction of sp³-hybridized carbons (Fsp3) is 0.250. The molecule has 0 spiro atoms. The molecule has 2 aromatic rings. The molecule has 0 bridgehead atoms. The molecule has 1 N–H and O–H groups in total. The molecule has 90 valence electrons. The van der Waals surface area contributed by atoms with Crippen LogP contribution in [0.3, 0.4) is 0 Å². The summed E-state index contributed by atoms with van der Waals surface area (Å²) in [5.74, 6) is 0. The molecule has 0 fully saturated rings. The molecule has 0 amide bonds. The second-order valence-electron chi connectivity index (χ2n) is 4.00. The lowest BCUT2D eigenvalue weighted by molar-refractivity contribution is 0.657. The Balaban J connectivity index is 2.35. The van der Waals surface area contributed by atoms with Gasteiger partial charge in [0.1, 0.15) is 0 Å². The summed E-state index contributed by atoms with van der Waals surface area (Å²) in [6.45, 7) is 4.21. The Labute approximate surface area is 113 Å². The quantitative estimate of drug-likeness (QED) is 0.907. The number of benzene rings is 1. The van der Waals surface area contributed by atoms with Crippen molar-refractivity contribution in [2.24, 2.45) is 0 Å². The van der Waals surface area contributed by atoms with Crippen LogP contribution >= 0.6 is 27.5 Å². The van der Waals surface area contributed by atoms with E-state index in [0.717, 1.165) is 21.3 Å². The topological polar surface area (TPSA) is 37.8 Å². The van der Waals surface area contributed by atoms with Gasteiger partial charge >= 0.3 is 0 Å². The molecular formula is C12H12BrClN2O. The number of H-pyrrole nitrogens is 1. The first-order valence-electron chi connectivity index (χ1n) is 5.19. The number of rotatable bonds is 2. The van der Waals surface area contributed by atoms with E-state index in [1.807, 2.05) is 32.0 Å². The molecule has 0 radical (unpaired) electrons. The Morgan fingerprint density at radius 2 is 2.12 bits per heavy atom. The van der Waals surface area contributed by atoms with Gasteiger partial charge in [-0.25, -0.2) is 4.68 Å². The highest BCUT2D eigenvalue weighted by Crippen LogP contribution is 2.23. The maximum atomic E-state index is 11.8. The van der Waals surface area contributed by atoms with E-state index in [-0.39, 0.29) is 5.56 Å². The third-order valence-electron chi connectivity index (χ3n) is 2.76. The van der Waals surface area contributed by atoms with Crippen LogP contribution in [0, 0.1) is 13.8 Å². The van der Waals surface area contributed by atoms with E-state index in [1.54, 1.807) is 4.68 Å². The molecule has 3 nitrogen and oxygen atoms in total. The lowest BCUT2D eigenvalue weighted by Gasteiger charge is -2.04. The van der Waals surface area contributed by atoms with E-state index in [0.29, 0.717) is 11.6 Å². The third-order valence-corrected chi connectivity index (χ3v) is 3.99. The summed E-state index contributed by atoms with van der Waals surface area (Å²) in [6.07, 6.45) is 0. The Hall–Kier alpha value is -1.00. The van der Waals surface area contributed by atoms with E-state index in [2.05, 4.69) is 21.0 Å². The molecule has 0 aliphatic carbocycles. The molecule has 1 heterocycles. The minimum absolute atomic E-state index is 0.0153. The van der Waals surface area contributed by atoms with Crippen LogP contribution < -0.4 is 5.56 Å². The van der Waals surface area contributed by atoms with Gasteiger partial charge in [-0.1, -0.05) is 17.7 Å². The summed E-state index contributed by atoms with van der Waals surface area (Å²) in [5.41, 5.74) is 2.66. The number of aromatic nitrogens is 2. The molecule has 0 saturated heterocycles. The highest BCUT2D eigenvalue weighted by molar-refractivity contribution is 9.10. The van der Waals surface area contributed by atoms with Crippen LogP contribution in [0.25, 0.3) is 0 Å².